The Kier molecular flexibility index (Phi) is 4.52. The van der Waals surface area contributed by atoms with E-state index in [-0.39, 0.29) is 19.6 Å². The number of urea groups is 1. The summed E-state index contributed by atoms with van der Waals surface area (Å²) >= 11 is 0. The summed E-state index contributed by atoms with van der Waals surface area (Å²) < 4.78 is 23.6. The van der Waals surface area contributed by atoms with E-state index in [0.717, 1.165) is 6.26 Å². The molecule has 4 N–H and O–H groups in total. The van der Waals surface area contributed by atoms with Crippen molar-refractivity contribution in [2.75, 3.05) is 25.9 Å². The molecule has 0 heterocycles. The lowest BCUT2D eigenvalue weighted by atomic mass is 10.1. The van der Waals surface area contributed by atoms with Crippen LogP contribution in [0.5, 0.6) is 0 Å². The fourth-order valence-electron chi connectivity index (χ4n) is 1.34. The van der Waals surface area contributed by atoms with Crippen molar-refractivity contribution in [2.24, 2.45) is 5.41 Å². The van der Waals surface area contributed by atoms with Crippen LogP contribution in [0.3, 0.4) is 0 Å². The number of carboxylic acid groups (broad SMARTS) is 1. The van der Waals surface area contributed by atoms with Crippen LogP contribution in [0.15, 0.2) is 0 Å². The molecule has 1 aliphatic carbocycles. The lowest BCUT2D eigenvalue weighted by molar-refractivity contribution is -0.143. The number of nitrogens with one attached hydrogen (secondary N) is 3. The van der Waals surface area contributed by atoms with E-state index in [1.807, 2.05) is 0 Å². The molecule has 0 radical (unpaired) electrons. The highest BCUT2D eigenvalue weighted by Gasteiger charge is 2.50. The van der Waals surface area contributed by atoms with Gasteiger partial charge in [-0.05, 0) is 12.8 Å². The molecule has 0 aliphatic heterocycles. The normalized spacial score (nSPS) is 16.9. The van der Waals surface area contributed by atoms with Gasteiger partial charge in [0.1, 0.15) is 0 Å². The van der Waals surface area contributed by atoms with Crippen molar-refractivity contribution in [1.29, 1.82) is 0 Å². The SMILES string of the molecule is CS(=O)(=O)NCCNC(=O)NCC1(C(=O)O)CC1. The van der Waals surface area contributed by atoms with Gasteiger partial charge >= 0.3 is 12.0 Å². The average molecular weight is 279 g/mol. The maximum absolute atomic E-state index is 11.3. The quantitative estimate of drug-likeness (QED) is 0.431. The van der Waals surface area contributed by atoms with Crippen LogP contribution in [-0.4, -0.2) is 51.4 Å². The first kappa shape index (κ1) is 14.7. The Labute approximate surface area is 105 Å². The van der Waals surface area contributed by atoms with E-state index >= 15 is 0 Å². The number of aliphatic carboxylic acids is 1. The van der Waals surface area contributed by atoms with E-state index in [2.05, 4.69) is 15.4 Å². The summed E-state index contributed by atoms with van der Waals surface area (Å²) in [6.45, 7) is 0.322. The van der Waals surface area contributed by atoms with Crippen molar-refractivity contribution >= 4 is 22.0 Å². The van der Waals surface area contributed by atoms with Crippen LogP contribution in [0.2, 0.25) is 0 Å². The molecule has 0 spiro atoms. The molecule has 2 amide bonds. The molecule has 1 saturated carbocycles. The van der Waals surface area contributed by atoms with Crippen LogP contribution < -0.4 is 15.4 Å². The summed E-state index contributed by atoms with van der Waals surface area (Å²) in [5.74, 6) is -0.901. The summed E-state index contributed by atoms with van der Waals surface area (Å²) in [6.07, 6.45) is 2.16. The van der Waals surface area contributed by atoms with Gasteiger partial charge in [-0.3, -0.25) is 4.79 Å². The number of carbonyl (C=O) groups excluding carboxylic acids is 1. The van der Waals surface area contributed by atoms with Gasteiger partial charge in [-0.15, -0.1) is 0 Å². The Bertz CT molecular complexity index is 429. The molecule has 104 valence electrons. The first-order chi connectivity index (χ1) is 8.25. The Morgan fingerprint density at radius 2 is 1.83 bits per heavy atom. The minimum Gasteiger partial charge on any atom is -0.481 e. The molecular formula is C9H17N3O5S. The smallest absolute Gasteiger partial charge is 0.314 e. The van der Waals surface area contributed by atoms with Gasteiger partial charge in [0.25, 0.3) is 0 Å². The van der Waals surface area contributed by atoms with Gasteiger partial charge in [-0.25, -0.2) is 17.9 Å². The van der Waals surface area contributed by atoms with Gasteiger partial charge in [0.15, 0.2) is 0 Å². The molecule has 9 heteroatoms. The zero-order valence-electron chi connectivity index (χ0n) is 10.0. The first-order valence-electron chi connectivity index (χ1n) is 5.45. The molecule has 1 fully saturated rings. The second-order valence-electron chi connectivity index (χ2n) is 4.36. The van der Waals surface area contributed by atoms with Crippen LogP contribution >= 0.6 is 0 Å². The second-order valence-corrected chi connectivity index (χ2v) is 6.19. The van der Waals surface area contributed by atoms with Gasteiger partial charge < -0.3 is 15.7 Å². The lowest BCUT2D eigenvalue weighted by Crippen LogP contribution is -2.43. The summed E-state index contributed by atoms with van der Waals surface area (Å²) in [5.41, 5.74) is -0.803. The Balaban J connectivity index is 2.13. The van der Waals surface area contributed by atoms with Gasteiger partial charge in [-0.2, -0.15) is 0 Å². The largest absolute Gasteiger partial charge is 0.481 e. The molecule has 1 aliphatic rings. The molecule has 0 bridgehead atoms. The molecule has 0 aromatic rings. The van der Waals surface area contributed by atoms with Crippen molar-refractivity contribution in [3.8, 4) is 0 Å². The first-order valence-corrected chi connectivity index (χ1v) is 7.34. The van der Waals surface area contributed by atoms with E-state index in [4.69, 9.17) is 5.11 Å². The Morgan fingerprint density at radius 1 is 1.22 bits per heavy atom. The third-order valence-electron chi connectivity index (χ3n) is 2.67. The predicted molar refractivity (Wildman–Crippen MR) is 63.6 cm³/mol. The van der Waals surface area contributed by atoms with Crippen molar-refractivity contribution in [3.05, 3.63) is 0 Å². The average Bonchev–Trinajstić information content (AvgIpc) is 3.01. The van der Waals surface area contributed by atoms with Crippen molar-refractivity contribution in [3.63, 3.8) is 0 Å². The highest BCUT2D eigenvalue weighted by atomic mass is 32.2. The molecule has 0 saturated heterocycles. The third-order valence-corrected chi connectivity index (χ3v) is 3.40. The molecular weight excluding hydrogens is 262 g/mol. The molecule has 8 nitrogen and oxygen atoms in total. The second kappa shape index (κ2) is 5.53. The predicted octanol–water partition coefficient (Wildman–Crippen LogP) is -1.30. The van der Waals surface area contributed by atoms with E-state index in [1.54, 1.807) is 0 Å². The molecule has 0 atom stereocenters. The van der Waals surface area contributed by atoms with Gasteiger partial charge in [0.05, 0.1) is 11.7 Å². The van der Waals surface area contributed by atoms with Crippen LogP contribution in [-0.2, 0) is 14.8 Å². The minimum atomic E-state index is -3.26. The highest BCUT2D eigenvalue weighted by Crippen LogP contribution is 2.45. The van der Waals surface area contributed by atoms with Crippen molar-refractivity contribution in [2.45, 2.75) is 12.8 Å². The summed E-state index contributed by atoms with van der Waals surface area (Å²) in [7, 11) is -3.26. The standard InChI is InChI=1S/C9H17N3O5S/c1-18(16,17)12-5-4-10-8(15)11-6-9(2-3-9)7(13)14/h12H,2-6H2,1H3,(H,13,14)(H2,10,11,15). The van der Waals surface area contributed by atoms with E-state index < -0.39 is 27.4 Å². The monoisotopic (exact) mass is 279 g/mol. The molecule has 0 aromatic heterocycles. The number of hydrogen-bond donors (Lipinski definition) is 4. The maximum atomic E-state index is 11.3. The zero-order chi connectivity index (χ0) is 13.8. The van der Waals surface area contributed by atoms with Crippen LogP contribution in [0, 0.1) is 5.41 Å². The Morgan fingerprint density at radius 3 is 2.28 bits per heavy atom. The number of carboxylic acids is 1. The van der Waals surface area contributed by atoms with Crippen molar-refractivity contribution < 1.29 is 23.1 Å². The van der Waals surface area contributed by atoms with Gasteiger partial charge in [0, 0.05) is 19.6 Å². The van der Waals surface area contributed by atoms with E-state index in [1.165, 1.54) is 0 Å². The lowest BCUT2D eigenvalue weighted by Gasteiger charge is -2.12. The number of hydrogen-bond acceptors (Lipinski definition) is 4. The Hall–Kier alpha value is -1.35. The van der Waals surface area contributed by atoms with E-state index in [0.29, 0.717) is 12.8 Å². The van der Waals surface area contributed by atoms with Crippen molar-refractivity contribution in [1.82, 2.24) is 15.4 Å². The molecule has 18 heavy (non-hydrogen) atoms. The summed E-state index contributed by atoms with van der Waals surface area (Å²) in [4.78, 5) is 22.1. The number of carbonyl (C=O) groups is 2. The third kappa shape index (κ3) is 4.88. The maximum Gasteiger partial charge on any atom is 0.314 e. The molecule has 0 unspecified atom stereocenters. The highest BCUT2D eigenvalue weighted by molar-refractivity contribution is 7.88. The molecule has 1 rings (SSSR count). The fourth-order valence-corrected chi connectivity index (χ4v) is 1.81. The topological polar surface area (TPSA) is 125 Å². The van der Waals surface area contributed by atoms with Gasteiger partial charge in [0.2, 0.25) is 10.0 Å². The van der Waals surface area contributed by atoms with Crippen LogP contribution in [0.1, 0.15) is 12.8 Å². The van der Waals surface area contributed by atoms with E-state index in [9.17, 15) is 18.0 Å². The zero-order valence-corrected chi connectivity index (χ0v) is 10.8. The summed E-state index contributed by atoms with van der Waals surface area (Å²) in [5, 5.41) is 13.8. The molecule has 0 aromatic carbocycles. The fraction of sp³-hybridized carbons (Fsp3) is 0.778. The van der Waals surface area contributed by atoms with Gasteiger partial charge in [-0.1, -0.05) is 0 Å². The minimum absolute atomic E-state index is 0.0909. The van der Waals surface area contributed by atoms with Crippen LogP contribution in [0.25, 0.3) is 0 Å². The summed E-state index contributed by atoms with van der Waals surface area (Å²) in [6, 6.07) is -0.502. The number of rotatable bonds is 7. The van der Waals surface area contributed by atoms with Crippen LogP contribution in [0.4, 0.5) is 4.79 Å². The number of amides is 2. The number of sulfonamides is 1.